The number of urea groups is 1. The minimum Gasteiger partial charge on any atom is -0.338 e. The molecule has 5 heteroatoms. The predicted octanol–water partition coefficient (Wildman–Crippen LogP) is 3.88. The van der Waals surface area contributed by atoms with Crippen LogP contribution in [0.4, 0.5) is 4.79 Å². The Bertz CT molecular complexity index is 422. The van der Waals surface area contributed by atoms with Crippen molar-refractivity contribution in [2.24, 2.45) is 5.92 Å². The van der Waals surface area contributed by atoms with Gasteiger partial charge < -0.3 is 10.6 Å². The zero-order valence-electron chi connectivity index (χ0n) is 11.3. The summed E-state index contributed by atoms with van der Waals surface area (Å²) >= 11 is 11.9. The molecular formula is C14H20Cl2N2O. The fraction of sp³-hybridized carbons (Fsp3) is 0.500. The molecule has 0 bridgehead atoms. The second-order valence-electron chi connectivity index (χ2n) is 4.85. The monoisotopic (exact) mass is 302 g/mol. The standard InChI is InChI=1S/C14H20Cl2N2O/c1-10(2)5-7-17-14(19)18-8-6-11-3-4-12(15)9-13(11)16/h3-4,9-10H,5-8H2,1-2H3,(H2,17,18,19). The molecular weight excluding hydrogens is 283 g/mol. The maximum Gasteiger partial charge on any atom is 0.314 e. The highest BCUT2D eigenvalue weighted by molar-refractivity contribution is 6.35. The molecule has 19 heavy (non-hydrogen) atoms. The van der Waals surface area contributed by atoms with Crippen LogP contribution < -0.4 is 10.6 Å². The molecule has 0 aliphatic rings. The number of amides is 2. The summed E-state index contributed by atoms with van der Waals surface area (Å²) in [5.74, 6) is 0.591. The van der Waals surface area contributed by atoms with Gasteiger partial charge in [0.1, 0.15) is 0 Å². The predicted molar refractivity (Wildman–Crippen MR) is 81.0 cm³/mol. The molecule has 3 nitrogen and oxygen atoms in total. The molecule has 2 amide bonds. The molecule has 0 fully saturated rings. The first-order valence-electron chi connectivity index (χ1n) is 6.44. The number of hydrogen-bond acceptors (Lipinski definition) is 1. The van der Waals surface area contributed by atoms with E-state index in [1.165, 1.54) is 0 Å². The van der Waals surface area contributed by atoms with Crippen molar-refractivity contribution in [3.05, 3.63) is 33.8 Å². The molecule has 0 saturated carbocycles. The first-order valence-corrected chi connectivity index (χ1v) is 7.20. The van der Waals surface area contributed by atoms with Crippen molar-refractivity contribution in [2.45, 2.75) is 26.7 Å². The Morgan fingerprint density at radius 3 is 2.53 bits per heavy atom. The van der Waals surface area contributed by atoms with Gasteiger partial charge in [-0.15, -0.1) is 0 Å². The molecule has 2 N–H and O–H groups in total. The Morgan fingerprint density at radius 1 is 1.21 bits per heavy atom. The molecule has 0 saturated heterocycles. The quantitative estimate of drug-likeness (QED) is 0.822. The van der Waals surface area contributed by atoms with Gasteiger partial charge in [0, 0.05) is 23.1 Å². The topological polar surface area (TPSA) is 41.1 Å². The van der Waals surface area contributed by atoms with Crippen LogP contribution in [0.1, 0.15) is 25.8 Å². The van der Waals surface area contributed by atoms with Crippen LogP contribution in [0.5, 0.6) is 0 Å². The molecule has 1 rings (SSSR count). The lowest BCUT2D eigenvalue weighted by molar-refractivity contribution is 0.240. The molecule has 106 valence electrons. The Kier molecular flexibility index (Phi) is 7.03. The number of rotatable bonds is 6. The summed E-state index contributed by atoms with van der Waals surface area (Å²) in [6.07, 6.45) is 1.67. The van der Waals surface area contributed by atoms with E-state index in [0.717, 1.165) is 12.0 Å². The molecule has 0 aliphatic heterocycles. The van der Waals surface area contributed by atoms with Gasteiger partial charge in [-0.25, -0.2) is 4.79 Å². The third-order valence-electron chi connectivity index (χ3n) is 2.70. The number of carbonyl (C=O) groups excluding carboxylic acids is 1. The molecule has 0 unspecified atom stereocenters. The number of benzene rings is 1. The maximum atomic E-state index is 11.5. The minimum atomic E-state index is -0.134. The summed E-state index contributed by atoms with van der Waals surface area (Å²) < 4.78 is 0. The molecule has 0 spiro atoms. The van der Waals surface area contributed by atoms with Crippen LogP contribution in [-0.2, 0) is 6.42 Å². The number of hydrogen-bond donors (Lipinski definition) is 2. The van der Waals surface area contributed by atoms with Gasteiger partial charge in [-0.05, 0) is 36.5 Å². The number of carbonyl (C=O) groups is 1. The molecule has 1 aromatic rings. The third-order valence-corrected chi connectivity index (χ3v) is 3.29. The van der Waals surface area contributed by atoms with Crippen LogP contribution >= 0.6 is 23.2 Å². The highest BCUT2D eigenvalue weighted by atomic mass is 35.5. The van der Waals surface area contributed by atoms with Crippen molar-refractivity contribution in [1.29, 1.82) is 0 Å². The second-order valence-corrected chi connectivity index (χ2v) is 5.69. The Labute approximate surface area is 124 Å². The van der Waals surface area contributed by atoms with Gasteiger partial charge in [-0.2, -0.15) is 0 Å². The van der Waals surface area contributed by atoms with Gasteiger partial charge in [0.25, 0.3) is 0 Å². The third kappa shape index (κ3) is 6.69. The van der Waals surface area contributed by atoms with Crippen molar-refractivity contribution in [3.8, 4) is 0 Å². The van der Waals surface area contributed by atoms with Crippen LogP contribution in [0.25, 0.3) is 0 Å². The van der Waals surface area contributed by atoms with Crippen molar-refractivity contribution >= 4 is 29.2 Å². The highest BCUT2D eigenvalue weighted by Gasteiger charge is 2.03. The average Bonchev–Trinajstić information content (AvgIpc) is 2.31. The molecule has 0 radical (unpaired) electrons. The van der Waals surface area contributed by atoms with Crippen LogP contribution in [0.15, 0.2) is 18.2 Å². The average molecular weight is 303 g/mol. The Morgan fingerprint density at radius 2 is 1.89 bits per heavy atom. The fourth-order valence-electron chi connectivity index (χ4n) is 1.57. The Hall–Kier alpha value is -0.930. The maximum absolute atomic E-state index is 11.5. The highest BCUT2D eigenvalue weighted by Crippen LogP contribution is 2.20. The summed E-state index contributed by atoms with van der Waals surface area (Å²) in [6.45, 7) is 5.50. The van der Waals surface area contributed by atoms with Crippen molar-refractivity contribution in [1.82, 2.24) is 10.6 Å². The first kappa shape index (κ1) is 16.1. The number of nitrogens with one attached hydrogen (secondary N) is 2. The molecule has 1 aromatic carbocycles. The van der Waals surface area contributed by atoms with Crippen LogP contribution in [0, 0.1) is 5.92 Å². The number of halogens is 2. The van der Waals surface area contributed by atoms with E-state index < -0.39 is 0 Å². The summed E-state index contributed by atoms with van der Waals surface area (Å²) in [7, 11) is 0. The van der Waals surface area contributed by atoms with Gasteiger partial charge in [-0.3, -0.25) is 0 Å². The van der Waals surface area contributed by atoms with Crippen molar-refractivity contribution in [3.63, 3.8) is 0 Å². The summed E-state index contributed by atoms with van der Waals surface area (Å²) in [5.41, 5.74) is 0.980. The zero-order valence-corrected chi connectivity index (χ0v) is 12.8. The van der Waals surface area contributed by atoms with E-state index in [0.29, 0.717) is 35.5 Å². The largest absolute Gasteiger partial charge is 0.338 e. The first-order chi connectivity index (χ1) is 8.99. The van der Waals surface area contributed by atoms with Gasteiger partial charge in [-0.1, -0.05) is 43.1 Å². The molecule has 0 aliphatic carbocycles. The van der Waals surface area contributed by atoms with Crippen molar-refractivity contribution in [2.75, 3.05) is 13.1 Å². The van der Waals surface area contributed by atoms with Crippen LogP contribution in [-0.4, -0.2) is 19.1 Å². The molecule has 0 atom stereocenters. The van der Waals surface area contributed by atoms with E-state index in [4.69, 9.17) is 23.2 Å². The SMILES string of the molecule is CC(C)CCNC(=O)NCCc1ccc(Cl)cc1Cl. The van der Waals surface area contributed by atoms with Gasteiger partial charge in [0.05, 0.1) is 0 Å². The smallest absolute Gasteiger partial charge is 0.314 e. The lowest BCUT2D eigenvalue weighted by Gasteiger charge is -2.09. The zero-order chi connectivity index (χ0) is 14.3. The van der Waals surface area contributed by atoms with E-state index in [-0.39, 0.29) is 6.03 Å². The van der Waals surface area contributed by atoms with E-state index in [1.807, 2.05) is 6.07 Å². The fourth-order valence-corrected chi connectivity index (χ4v) is 2.07. The second kappa shape index (κ2) is 8.28. The molecule has 0 heterocycles. The summed E-state index contributed by atoms with van der Waals surface area (Å²) in [5, 5.41) is 6.88. The lowest BCUT2D eigenvalue weighted by atomic mass is 10.1. The summed E-state index contributed by atoms with van der Waals surface area (Å²) in [4.78, 5) is 11.5. The van der Waals surface area contributed by atoms with E-state index in [1.54, 1.807) is 12.1 Å². The van der Waals surface area contributed by atoms with E-state index in [9.17, 15) is 4.79 Å². The molecule has 0 aromatic heterocycles. The van der Waals surface area contributed by atoms with Gasteiger partial charge >= 0.3 is 6.03 Å². The van der Waals surface area contributed by atoms with E-state index in [2.05, 4.69) is 24.5 Å². The van der Waals surface area contributed by atoms with Crippen molar-refractivity contribution < 1.29 is 4.79 Å². The van der Waals surface area contributed by atoms with Crippen LogP contribution in [0.3, 0.4) is 0 Å². The van der Waals surface area contributed by atoms with E-state index >= 15 is 0 Å². The Balaban J connectivity index is 2.24. The van der Waals surface area contributed by atoms with Gasteiger partial charge in [0.15, 0.2) is 0 Å². The van der Waals surface area contributed by atoms with Gasteiger partial charge in [0.2, 0.25) is 0 Å². The summed E-state index contributed by atoms with van der Waals surface area (Å²) in [6, 6.07) is 5.25. The minimum absolute atomic E-state index is 0.134. The normalized spacial score (nSPS) is 10.6. The van der Waals surface area contributed by atoms with Crippen LogP contribution in [0.2, 0.25) is 10.0 Å². The lowest BCUT2D eigenvalue weighted by Crippen LogP contribution is -2.37.